The van der Waals surface area contributed by atoms with Gasteiger partial charge in [0.1, 0.15) is 16.9 Å². The lowest BCUT2D eigenvalue weighted by molar-refractivity contribution is -0.147. The predicted molar refractivity (Wildman–Crippen MR) is 167 cm³/mol. The van der Waals surface area contributed by atoms with E-state index in [1.807, 2.05) is 91.0 Å². The highest BCUT2D eigenvalue weighted by Gasteiger charge is 2.60. The molecule has 1 unspecified atom stereocenters. The Labute approximate surface area is 254 Å². The van der Waals surface area contributed by atoms with Gasteiger partial charge in [-0.15, -0.1) is 0 Å². The third kappa shape index (κ3) is 5.30. The van der Waals surface area contributed by atoms with Gasteiger partial charge in [0.05, 0.1) is 34.4 Å². The third-order valence-corrected chi connectivity index (χ3v) is 9.32. The Hall–Kier alpha value is -4.14. The molecule has 0 aromatic heterocycles. The number of hydrogen-bond donors (Lipinski definition) is 1. The van der Waals surface area contributed by atoms with E-state index in [9.17, 15) is 9.00 Å². The third-order valence-electron chi connectivity index (χ3n) is 7.68. The number of fused-ring (bicyclic) bond motifs is 1. The number of nitrogens with one attached hydrogen (secondary N) is 1. The maximum atomic E-state index is 15.4. The fourth-order valence-electron chi connectivity index (χ4n) is 5.76. The molecule has 1 heterocycles. The van der Waals surface area contributed by atoms with Crippen molar-refractivity contribution in [2.24, 2.45) is 0 Å². The average Bonchev–Trinajstić information content (AvgIpc) is 3.22. The number of hydrogen-bond acceptors (Lipinski definition) is 4. The number of esters is 1. The first-order valence-corrected chi connectivity index (χ1v) is 15.4. The van der Waals surface area contributed by atoms with Gasteiger partial charge in [0.2, 0.25) is 0 Å². The lowest BCUT2D eigenvalue weighted by Gasteiger charge is -2.45. The van der Waals surface area contributed by atoms with Crippen LogP contribution in [0.4, 0.5) is 10.1 Å². The van der Waals surface area contributed by atoms with E-state index in [-0.39, 0.29) is 12.2 Å². The number of nitrogens with zero attached hydrogens (tertiary/aromatic N) is 1. The van der Waals surface area contributed by atoms with Crippen molar-refractivity contribution in [2.45, 2.75) is 49.9 Å². The number of carbonyl (C=O) groups is 2. The minimum atomic E-state index is -1.88. The van der Waals surface area contributed by atoms with Crippen LogP contribution in [0, 0.1) is 5.82 Å². The molecule has 0 radical (unpaired) electrons. The highest BCUT2D eigenvalue weighted by atomic mass is 32.2. The first-order valence-electron chi connectivity index (χ1n) is 14.2. The largest absolute Gasteiger partial charge is 0.466 e. The Morgan fingerprint density at radius 1 is 0.860 bits per heavy atom. The molecular weight excluding hydrogens is 563 g/mol. The normalized spacial score (nSPS) is 17.4. The number of ether oxygens (including phenoxy) is 1. The van der Waals surface area contributed by atoms with E-state index in [1.165, 1.54) is 12.1 Å². The van der Waals surface area contributed by atoms with Crippen LogP contribution in [0.1, 0.15) is 56.4 Å². The summed E-state index contributed by atoms with van der Waals surface area (Å²) in [6.07, 6.45) is -0.483. The molecule has 0 fully saturated rings. The van der Waals surface area contributed by atoms with Gasteiger partial charge in [-0.1, -0.05) is 91.0 Å². The molecule has 2 atom stereocenters. The minimum Gasteiger partial charge on any atom is -0.466 e. The number of benzene rings is 4. The molecule has 1 aliphatic rings. The summed E-state index contributed by atoms with van der Waals surface area (Å²) in [5.41, 5.74) is -0.194. The Kier molecular flexibility index (Phi) is 8.36. The molecular formula is C35H35FN2O4S. The molecule has 0 bridgehead atoms. The van der Waals surface area contributed by atoms with E-state index in [1.54, 1.807) is 38.7 Å². The van der Waals surface area contributed by atoms with E-state index >= 15 is 9.18 Å². The first-order chi connectivity index (χ1) is 20.6. The second kappa shape index (κ2) is 11.9. The second-order valence-corrected chi connectivity index (χ2v) is 13.4. The Balaban J connectivity index is 1.90. The fourth-order valence-corrected chi connectivity index (χ4v) is 6.66. The summed E-state index contributed by atoms with van der Waals surface area (Å²) >= 11 is 0. The highest BCUT2D eigenvalue weighted by molar-refractivity contribution is 7.84. The molecule has 222 valence electrons. The van der Waals surface area contributed by atoms with Gasteiger partial charge in [-0.2, -0.15) is 0 Å². The standard InChI is InChI=1S/C35H35FN2O4S/c1-5-42-31(39)24-34(37-43(41)33(2,3)4)29-23-28(36)21-22-30(29)38(32(34)40)35(25-15-9-6-10-16-25,26-17-11-7-12-18-26)27-19-13-8-14-20-27/h6-23,37H,5,24H2,1-4H3/t34-,43?/m0/s1. The minimum absolute atomic E-state index is 0.0904. The van der Waals surface area contributed by atoms with E-state index in [0.717, 1.165) is 16.7 Å². The molecule has 1 amide bonds. The maximum Gasteiger partial charge on any atom is 0.308 e. The first kappa shape index (κ1) is 30.3. The number of rotatable bonds is 9. The van der Waals surface area contributed by atoms with Crippen LogP contribution >= 0.6 is 0 Å². The van der Waals surface area contributed by atoms with Crippen molar-refractivity contribution in [1.29, 1.82) is 0 Å². The van der Waals surface area contributed by atoms with Gasteiger partial charge in [-0.05, 0) is 62.6 Å². The number of anilines is 1. The zero-order valence-electron chi connectivity index (χ0n) is 24.7. The van der Waals surface area contributed by atoms with Crippen molar-refractivity contribution in [2.75, 3.05) is 11.5 Å². The number of amides is 1. The van der Waals surface area contributed by atoms with Crippen molar-refractivity contribution in [3.63, 3.8) is 0 Å². The van der Waals surface area contributed by atoms with Gasteiger partial charge in [0.15, 0.2) is 0 Å². The number of carbonyl (C=O) groups excluding carboxylic acids is 2. The van der Waals surface area contributed by atoms with Crippen LogP contribution in [0.15, 0.2) is 109 Å². The van der Waals surface area contributed by atoms with Gasteiger partial charge in [-0.3, -0.25) is 14.5 Å². The Morgan fingerprint density at radius 3 is 1.79 bits per heavy atom. The SMILES string of the molecule is CCOC(=O)C[C@@]1(NS(=O)C(C)(C)C)C(=O)N(C(c2ccccc2)(c2ccccc2)c2ccccc2)c2ccc(F)cc21. The summed E-state index contributed by atoms with van der Waals surface area (Å²) in [7, 11) is -1.82. The van der Waals surface area contributed by atoms with Crippen LogP contribution in [0.25, 0.3) is 0 Å². The van der Waals surface area contributed by atoms with Crippen LogP contribution in [0.3, 0.4) is 0 Å². The van der Waals surface area contributed by atoms with E-state index in [2.05, 4.69) is 4.72 Å². The second-order valence-electron chi connectivity index (χ2n) is 11.5. The predicted octanol–water partition coefficient (Wildman–Crippen LogP) is 6.36. The zero-order chi connectivity index (χ0) is 30.8. The summed E-state index contributed by atoms with van der Waals surface area (Å²) < 4.78 is 36.4. The summed E-state index contributed by atoms with van der Waals surface area (Å²) in [6.45, 7) is 7.06. The molecule has 1 N–H and O–H groups in total. The molecule has 4 aromatic carbocycles. The van der Waals surface area contributed by atoms with Crippen molar-refractivity contribution in [3.8, 4) is 0 Å². The molecule has 0 aliphatic carbocycles. The van der Waals surface area contributed by atoms with Gasteiger partial charge in [0, 0.05) is 5.56 Å². The fraction of sp³-hybridized carbons (Fsp3) is 0.257. The van der Waals surface area contributed by atoms with Gasteiger partial charge in [-0.25, -0.2) is 13.3 Å². The smallest absolute Gasteiger partial charge is 0.308 e. The maximum absolute atomic E-state index is 15.4. The Bertz CT molecular complexity index is 1540. The quantitative estimate of drug-likeness (QED) is 0.180. The van der Waals surface area contributed by atoms with E-state index < -0.39 is 50.9 Å². The average molecular weight is 599 g/mol. The topological polar surface area (TPSA) is 75.7 Å². The zero-order valence-corrected chi connectivity index (χ0v) is 25.5. The van der Waals surface area contributed by atoms with Crippen LogP contribution in [0.2, 0.25) is 0 Å². The van der Waals surface area contributed by atoms with Crippen LogP contribution < -0.4 is 9.62 Å². The molecule has 0 saturated heterocycles. The van der Waals surface area contributed by atoms with Crippen LogP contribution in [-0.4, -0.2) is 27.4 Å². The van der Waals surface area contributed by atoms with Gasteiger partial charge >= 0.3 is 5.97 Å². The Morgan fingerprint density at radius 2 is 1.35 bits per heavy atom. The van der Waals surface area contributed by atoms with E-state index in [4.69, 9.17) is 4.74 Å². The van der Waals surface area contributed by atoms with Crippen LogP contribution in [0.5, 0.6) is 0 Å². The molecule has 6 nitrogen and oxygen atoms in total. The van der Waals surface area contributed by atoms with Crippen molar-refractivity contribution < 1.29 is 22.9 Å². The molecule has 0 saturated carbocycles. The molecule has 5 rings (SSSR count). The summed E-state index contributed by atoms with van der Waals surface area (Å²) in [5.74, 6) is -1.80. The lowest BCUT2D eigenvalue weighted by Crippen LogP contribution is -2.59. The number of halogens is 1. The molecule has 43 heavy (non-hydrogen) atoms. The monoisotopic (exact) mass is 598 g/mol. The molecule has 0 spiro atoms. The van der Waals surface area contributed by atoms with Crippen molar-refractivity contribution >= 4 is 28.5 Å². The van der Waals surface area contributed by atoms with Crippen molar-refractivity contribution in [3.05, 3.63) is 137 Å². The van der Waals surface area contributed by atoms with Crippen molar-refractivity contribution in [1.82, 2.24) is 4.72 Å². The highest BCUT2D eigenvalue weighted by Crippen LogP contribution is 2.53. The summed E-state index contributed by atoms with van der Waals surface area (Å²) in [5, 5.41) is 0. The van der Waals surface area contributed by atoms with Gasteiger partial charge < -0.3 is 4.74 Å². The van der Waals surface area contributed by atoms with E-state index in [0.29, 0.717) is 5.69 Å². The lowest BCUT2D eigenvalue weighted by atomic mass is 9.75. The summed E-state index contributed by atoms with van der Waals surface area (Å²) in [4.78, 5) is 30.2. The summed E-state index contributed by atoms with van der Waals surface area (Å²) in [6, 6.07) is 32.9. The molecule has 4 aromatic rings. The molecule has 1 aliphatic heterocycles. The van der Waals surface area contributed by atoms with Crippen LogP contribution in [-0.2, 0) is 36.4 Å². The molecule has 8 heteroatoms. The van der Waals surface area contributed by atoms with Gasteiger partial charge in [0.25, 0.3) is 5.91 Å².